The molecule has 2 nitrogen and oxygen atoms in total. The first kappa shape index (κ1) is 15.5. The van der Waals surface area contributed by atoms with Gasteiger partial charge in [-0.3, -0.25) is 0 Å². The van der Waals surface area contributed by atoms with Crippen LogP contribution in [0, 0.1) is 5.92 Å². The number of hydrogen-bond acceptors (Lipinski definition) is 2. The van der Waals surface area contributed by atoms with E-state index < -0.39 is 0 Å². The average Bonchev–Trinajstić information content (AvgIpc) is 2.47. The zero-order valence-electron chi connectivity index (χ0n) is 13.2. The highest BCUT2D eigenvalue weighted by Gasteiger charge is 2.24. The normalized spacial score (nSPS) is 21.2. The van der Waals surface area contributed by atoms with E-state index in [2.05, 4.69) is 50.4 Å². The largest absolute Gasteiger partial charge is 0.373 e. The van der Waals surface area contributed by atoms with Crippen molar-refractivity contribution in [3.63, 3.8) is 0 Å². The molecule has 1 aromatic rings. The van der Waals surface area contributed by atoms with E-state index in [0.717, 1.165) is 31.9 Å². The third kappa shape index (κ3) is 4.07. The van der Waals surface area contributed by atoms with Gasteiger partial charge in [-0.25, -0.2) is 0 Å². The van der Waals surface area contributed by atoms with E-state index in [1.165, 1.54) is 24.0 Å². The minimum Gasteiger partial charge on any atom is -0.373 e. The fourth-order valence-corrected chi connectivity index (χ4v) is 3.13. The lowest BCUT2D eigenvalue weighted by atomic mass is 9.90. The molecule has 0 aliphatic carbocycles. The minimum atomic E-state index is 0.271. The number of benzene rings is 1. The van der Waals surface area contributed by atoms with Crippen LogP contribution in [0.3, 0.4) is 0 Å². The van der Waals surface area contributed by atoms with Gasteiger partial charge in [-0.1, -0.05) is 51.5 Å². The van der Waals surface area contributed by atoms with Crippen LogP contribution in [0.2, 0.25) is 0 Å². The smallest absolute Gasteiger partial charge is 0.0842 e. The van der Waals surface area contributed by atoms with Crippen LogP contribution in [0.4, 0.5) is 0 Å². The summed E-state index contributed by atoms with van der Waals surface area (Å²) in [7, 11) is 0. The van der Waals surface area contributed by atoms with Gasteiger partial charge in [-0.2, -0.15) is 0 Å². The summed E-state index contributed by atoms with van der Waals surface area (Å²) in [4.78, 5) is 0. The van der Waals surface area contributed by atoms with Crippen LogP contribution in [-0.4, -0.2) is 19.2 Å². The Labute approximate surface area is 123 Å². The van der Waals surface area contributed by atoms with Gasteiger partial charge in [0.15, 0.2) is 0 Å². The Morgan fingerprint density at radius 3 is 2.85 bits per heavy atom. The standard InChI is InChI=1S/C18H29NO/c1-4-14(3)12-16(19-5-2)13-18-17-9-7-6-8-15(17)10-11-20-18/h6-9,14,16,18-19H,4-5,10-13H2,1-3H3. The summed E-state index contributed by atoms with van der Waals surface area (Å²) in [6.07, 6.45) is 4.92. The van der Waals surface area contributed by atoms with Crippen molar-refractivity contribution >= 4 is 0 Å². The van der Waals surface area contributed by atoms with E-state index in [1.54, 1.807) is 0 Å². The summed E-state index contributed by atoms with van der Waals surface area (Å²) in [5.41, 5.74) is 2.88. The fourth-order valence-electron chi connectivity index (χ4n) is 3.13. The molecule has 112 valence electrons. The second-order valence-corrected chi connectivity index (χ2v) is 6.05. The molecule has 1 aliphatic heterocycles. The van der Waals surface area contributed by atoms with Crippen molar-refractivity contribution in [3.8, 4) is 0 Å². The molecule has 0 saturated heterocycles. The van der Waals surface area contributed by atoms with Crippen LogP contribution < -0.4 is 5.32 Å². The number of fused-ring (bicyclic) bond motifs is 1. The molecule has 0 aromatic heterocycles. The van der Waals surface area contributed by atoms with Crippen molar-refractivity contribution in [2.45, 2.75) is 58.6 Å². The molecular formula is C18H29NO. The first-order valence-electron chi connectivity index (χ1n) is 8.17. The highest BCUT2D eigenvalue weighted by atomic mass is 16.5. The van der Waals surface area contributed by atoms with Gasteiger partial charge in [0.05, 0.1) is 12.7 Å². The average molecular weight is 275 g/mol. The molecule has 2 heteroatoms. The molecule has 0 fully saturated rings. The van der Waals surface area contributed by atoms with E-state index in [1.807, 2.05) is 0 Å². The first-order valence-corrected chi connectivity index (χ1v) is 8.17. The summed E-state index contributed by atoms with van der Waals surface area (Å²) in [6.45, 7) is 8.72. The molecule has 3 atom stereocenters. The second kappa shape index (κ2) is 7.80. The maximum Gasteiger partial charge on any atom is 0.0842 e. The quantitative estimate of drug-likeness (QED) is 0.808. The van der Waals surface area contributed by atoms with Crippen LogP contribution in [0.1, 0.15) is 57.3 Å². The van der Waals surface area contributed by atoms with Crippen molar-refractivity contribution in [3.05, 3.63) is 35.4 Å². The molecule has 1 aromatic carbocycles. The van der Waals surface area contributed by atoms with Crippen molar-refractivity contribution in [1.29, 1.82) is 0 Å². The van der Waals surface area contributed by atoms with Crippen molar-refractivity contribution < 1.29 is 4.74 Å². The van der Waals surface area contributed by atoms with E-state index in [9.17, 15) is 0 Å². The third-order valence-electron chi connectivity index (χ3n) is 4.47. The Hall–Kier alpha value is -0.860. The van der Waals surface area contributed by atoms with E-state index in [0.29, 0.717) is 6.04 Å². The number of hydrogen-bond donors (Lipinski definition) is 1. The van der Waals surface area contributed by atoms with E-state index in [-0.39, 0.29) is 6.10 Å². The van der Waals surface area contributed by atoms with Gasteiger partial charge < -0.3 is 10.1 Å². The van der Waals surface area contributed by atoms with Crippen LogP contribution in [-0.2, 0) is 11.2 Å². The Kier molecular flexibility index (Phi) is 6.06. The number of ether oxygens (including phenoxy) is 1. The molecule has 2 rings (SSSR count). The van der Waals surface area contributed by atoms with Crippen molar-refractivity contribution in [1.82, 2.24) is 5.32 Å². The SMILES string of the molecule is CCNC(CC(C)CC)CC1OCCc2ccccc21. The van der Waals surface area contributed by atoms with Crippen molar-refractivity contribution in [2.24, 2.45) is 5.92 Å². The van der Waals surface area contributed by atoms with Gasteiger partial charge in [0, 0.05) is 6.04 Å². The lowest BCUT2D eigenvalue weighted by Crippen LogP contribution is -2.33. The Bertz CT molecular complexity index is 404. The minimum absolute atomic E-state index is 0.271. The Morgan fingerprint density at radius 1 is 1.30 bits per heavy atom. The molecule has 1 heterocycles. The summed E-state index contributed by atoms with van der Waals surface area (Å²) >= 11 is 0. The molecule has 0 bridgehead atoms. The zero-order valence-corrected chi connectivity index (χ0v) is 13.2. The van der Waals surface area contributed by atoms with E-state index >= 15 is 0 Å². The zero-order chi connectivity index (χ0) is 14.4. The molecule has 1 N–H and O–H groups in total. The summed E-state index contributed by atoms with van der Waals surface area (Å²) in [5.74, 6) is 0.776. The van der Waals surface area contributed by atoms with Gasteiger partial charge in [0.1, 0.15) is 0 Å². The summed E-state index contributed by atoms with van der Waals surface area (Å²) in [5, 5.41) is 3.65. The van der Waals surface area contributed by atoms with Gasteiger partial charge >= 0.3 is 0 Å². The maximum absolute atomic E-state index is 6.06. The topological polar surface area (TPSA) is 21.3 Å². The maximum atomic E-state index is 6.06. The van der Waals surface area contributed by atoms with Crippen LogP contribution in [0.25, 0.3) is 0 Å². The van der Waals surface area contributed by atoms with E-state index in [4.69, 9.17) is 4.74 Å². The van der Waals surface area contributed by atoms with Gasteiger partial charge in [0.25, 0.3) is 0 Å². The van der Waals surface area contributed by atoms with Crippen LogP contribution >= 0.6 is 0 Å². The number of nitrogens with one attached hydrogen (secondary N) is 1. The molecule has 0 spiro atoms. The highest BCUT2D eigenvalue weighted by Crippen LogP contribution is 2.31. The van der Waals surface area contributed by atoms with Crippen LogP contribution in [0.15, 0.2) is 24.3 Å². The highest BCUT2D eigenvalue weighted by molar-refractivity contribution is 5.31. The molecule has 1 aliphatic rings. The first-order chi connectivity index (χ1) is 9.74. The van der Waals surface area contributed by atoms with Gasteiger partial charge in [-0.05, 0) is 42.9 Å². The van der Waals surface area contributed by atoms with Gasteiger partial charge in [0.2, 0.25) is 0 Å². The third-order valence-corrected chi connectivity index (χ3v) is 4.47. The molecule has 20 heavy (non-hydrogen) atoms. The molecular weight excluding hydrogens is 246 g/mol. The summed E-state index contributed by atoms with van der Waals surface area (Å²) < 4.78 is 6.06. The molecule has 3 unspecified atom stereocenters. The van der Waals surface area contributed by atoms with Crippen molar-refractivity contribution in [2.75, 3.05) is 13.2 Å². The monoisotopic (exact) mass is 275 g/mol. The fraction of sp³-hybridized carbons (Fsp3) is 0.667. The molecule has 0 radical (unpaired) electrons. The lowest BCUT2D eigenvalue weighted by Gasteiger charge is -2.30. The second-order valence-electron chi connectivity index (χ2n) is 6.05. The predicted molar refractivity (Wildman–Crippen MR) is 85.0 cm³/mol. The lowest BCUT2D eigenvalue weighted by molar-refractivity contribution is 0.0278. The van der Waals surface area contributed by atoms with Crippen LogP contribution in [0.5, 0.6) is 0 Å². The van der Waals surface area contributed by atoms with Gasteiger partial charge in [-0.15, -0.1) is 0 Å². The number of rotatable bonds is 7. The Balaban J connectivity index is 2.03. The predicted octanol–water partition coefficient (Wildman–Crippen LogP) is 4.10. The molecule has 0 saturated carbocycles. The Morgan fingerprint density at radius 2 is 2.10 bits per heavy atom. The summed E-state index contributed by atoms with van der Waals surface area (Å²) in [6, 6.07) is 9.33. The molecule has 0 amide bonds.